The Morgan fingerprint density at radius 2 is 1.91 bits per heavy atom. The zero-order valence-corrected chi connectivity index (χ0v) is 12.2. The topological polar surface area (TPSA) is 52.3 Å². The van der Waals surface area contributed by atoms with Crippen LogP contribution < -0.4 is 4.74 Å². The third-order valence-corrected chi connectivity index (χ3v) is 3.25. The second-order valence-electron chi connectivity index (χ2n) is 5.27. The first-order valence-electron chi connectivity index (χ1n) is 6.91. The van der Waals surface area contributed by atoms with E-state index in [1.54, 1.807) is 44.2 Å². The predicted molar refractivity (Wildman–Crippen MR) is 79.9 cm³/mol. The number of hydrogen-bond acceptors (Lipinski definition) is 4. The summed E-state index contributed by atoms with van der Waals surface area (Å²) in [6.07, 6.45) is 0. The van der Waals surface area contributed by atoms with Gasteiger partial charge in [-0.15, -0.1) is 0 Å². The zero-order chi connectivity index (χ0) is 15.7. The summed E-state index contributed by atoms with van der Waals surface area (Å²) in [6, 6.07) is 11.1. The molecule has 0 bridgehead atoms. The lowest BCUT2D eigenvalue weighted by Gasteiger charge is -2.05. The first-order chi connectivity index (χ1) is 10.5. The Bertz CT molecular complexity index is 822. The van der Waals surface area contributed by atoms with Crippen molar-refractivity contribution in [2.75, 3.05) is 0 Å². The Labute approximate surface area is 126 Å². The van der Waals surface area contributed by atoms with Crippen LogP contribution in [0.5, 0.6) is 5.75 Å². The van der Waals surface area contributed by atoms with Crippen molar-refractivity contribution in [3.8, 4) is 17.0 Å². The third-order valence-electron chi connectivity index (χ3n) is 3.25. The van der Waals surface area contributed by atoms with E-state index in [4.69, 9.17) is 9.26 Å². The van der Waals surface area contributed by atoms with E-state index in [9.17, 15) is 9.18 Å². The average Bonchev–Trinajstić information content (AvgIpc) is 2.91. The summed E-state index contributed by atoms with van der Waals surface area (Å²) in [6.45, 7) is 3.53. The molecule has 0 saturated carbocycles. The quantitative estimate of drug-likeness (QED) is 0.537. The molecule has 22 heavy (non-hydrogen) atoms. The Morgan fingerprint density at radius 3 is 2.59 bits per heavy atom. The van der Waals surface area contributed by atoms with Crippen LogP contribution in [0.15, 0.2) is 47.0 Å². The number of ether oxygens (including phenoxy) is 1. The van der Waals surface area contributed by atoms with Crippen LogP contribution in [0.3, 0.4) is 0 Å². The van der Waals surface area contributed by atoms with E-state index in [0.29, 0.717) is 17.0 Å². The number of aromatic nitrogens is 1. The SMILES string of the molecule is CC(C)C(=O)Oc1ccc2c(-c3ccc(F)cc3)noc2c1. The highest BCUT2D eigenvalue weighted by Crippen LogP contribution is 2.30. The van der Waals surface area contributed by atoms with E-state index in [-0.39, 0.29) is 17.7 Å². The molecule has 1 aromatic heterocycles. The number of carbonyl (C=O) groups is 1. The normalized spacial score (nSPS) is 11.1. The van der Waals surface area contributed by atoms with Gasteiger partial charge in [-0.3, -0.25) is 4.79 Å². The van der Waals surface area contributed by atoms with Crippen LogP contribution in [0.2, 0.25) is 0 Å². The Balaban J connectivity index is 1.96. The van der Waals surface area contributed by atoms with Crippen LogP contribution in [0, 0.1) is 11.7 Å². The maximum Gasteiger partial charge on any atom is 0.313 e. The first kappa shape index (κ1) is 14.3. The highest BCUT2D eigenvalue weighted by Gasteiger charge is 2.14. The molecule has 0 saturated heterocycles. The standard InChI is InChI=1S/C17H14FNO3/c1-10(2)17(20)21-13-7-8-14-15(9-13)22-19-16(14)11-3-5-12(18)6-4-11/h3-10H,1-2H3. The highest BCUT2D eigenvalue weighted by molar-refractivity contribution is 5.92. The molecule has 0 unspecified atom stereocenters. The number of hydrogen-bond donors (Lipinski definition) is 0. The van der Waals surface area contributed by atoms with Crippen LogP contribution in [-0.2, 0) is 4.79 Å². The number of benzene rings is 2. The summed E-state index contributed by atoms with van der Waals surface area (Å²) in [5.74, 6) is -0.412. The minimum Gasteiger partial charge on any atom is -0.426 e. The van der Waals surface area contributed by atoms with Gasteiger partial charge in [0.25, 0.3) is 0 Å². The van der Waals surface area contributed by atoms with E-state index < -0.39 is 0 Å². The summed E-state index contributed by atoms with van der Waals surface area (Å²) in [5.41, 5.74) is 1.89. The largest absolute Gasteiger partial charge is 0.426 e. The average molecular weight is 299 g/mol. The molecule has 0 atom stereocenters. The third kappa shape index (κ3) is 2.70. The molecule has 0 spiro atoms. The molecule has 0 aliphatic carbocycles. The fourth-order valence-electron chi connectivity index (χ4n) is 2.03. The van der Waals surface area contributed by atoms with Gasteiger partial charge in [0.1, 0.15) is 17.3 Å². The molecule has 0 N–H and O–H groups in total. The summed E-state index contributed by atoms with van der Waals surface area (Å²) in [5, 5.41) is 4.79. The smallest absolute Gasteiger partial charge is 0.313 e. The van der Waals surface area contributed by atoms with Crippen molar-refractivity contribution in [1.82, 2.24) is 5.16 Å². The second-order valence-corrected chi connectivity index (χ2v) is 5.27. The molecular formula is C17H14FNO3. The molecule has 0 radical (unpaired) electrons. The van der Waals surface area contributed by atoms with Crippen molar-refractivity contribution in [1.29, 1.82) is 0 Å². The predicted octanol–water partition coefficient (Wildman–Crippen LogP) is 4.20. The molecule has 4 nitrogen and oxygen atoms in total. The van der Waals surface area contributed by atoms with Crippen molar-refractivity contribution >= 4 is 16.9 Å². The van der Waals surface area contributed by atoms with Crippen LogP contribution in [0.4, 0.5) is 4.39 Å². The molecule has 0 amide bonds. The van der Waals surface area contributed by atoms with Gasteiger partial charge >= 0.3 is 5.97 Å². The van der Waals surface area contributed by atoms with Gasteiger partial charge in [-0.2, -0.15) is 0 Å². The van der Waals surface area contributed by atoms with E-state index in [1.165, 1.54) is 12.1 Å². The minimum atomic E-state index is -0.308. The van der Waals surface area contributed by atoms with Gasteiger partial charge in [-0.1, -0.05) is 19.0 Å². The lowest BCUT2D eigenvalue weighted by molar-refractivity contribution is -0.137. The Morgan fingerprint density at radius 1 is 1.18 bits per heavy atom. The van der Waals surface area contributed by atoms with Gasteiger partial charge < -0.3 is 9.26 Å². The lowest BCUT2D eigenvalue weighted by Crippen LogP contribution is -2.14. The zero-order valence-electron chi connectivity index (χ0n) is 12.2. The van der Waals surface area contributed by atoms with Crippen molar-refractivity contribution < 1.29 is 18.4 Å². The molecule has 0 fully saturated rings. The van der Waals surface area contributed by atoms with E-state index in [0.717, 1.165) is 10.9 Å². The number of nitrogens with zero attached hydrogens (tertiary/aromatic N) is 1. The molecule has 2 aromatic carbocycles. The van der Waals surface area contributed by atoms with E-state index in [1.807, 2.05) is 0 Å². The van der Waals surface area contributed by atoms with Gasteiger partial charge in [-0.05, 0) is 36.4 Å². The van der Waals surface area contributed by atoms with Crippen molar-refractivity contribution in [3.63, 3.8) is 0 Å². The van der Waals surface area contributed by atoms with E-state index >= 15 is 0 Å². The summed E-state index contributed by atoms with van der Waals surface area (Å²) in [4.78, 5) is 11.6. The molecular weight excluding hydrogens is 285 g/mol. The summed E-state index contributed by atoms with van der Waals surface area (Å²) < 4.78 is 23.5. The number of carbonyl (C=O) groups excluding carboxylic acids is 1. The number of esters is 1. The van der Waals surface area contributed by atoms with Gasteiger partial charge in [0, 0.05) is 17.0 Å². The van der Waals surface area contributed by atoms with Crippen molar-refractivity contribution in [2.45, 2.75) is 13.8 Å². The maximum atomic E-state index is 13.0. The molecule has 1 heterocycles. The fourth-order valence-corrected chi connectivity index (χ4v) is 2.03. The first-order valence-corrected chi connectivity index (χ1v) is 6.91. The summed E-state index contributed by atoms with van der Waals surface area (Å²) >= 11 is 0. The number of rotatable bonds is 3. The molecule has 112 valence electrons. The van der Waals surface area contributed by atoms with Gasteiger partial charge in [0.05, 0.1) is 5.92 Å². The highest BCUT2D eigenvalue weighted by atomic mass is 19.1. The molecule has 3 rings (SSSR count). The number of halogens is 1. The summed E-state index contributed by atoms with van der Waals surface area (Å²) in [7, 11) is 0. The van der Waals surface area contributed by atoms with Crippen molar-refractivity contribution in [3.05, 3.63) is 48.3 Å². The van der Waals surface area contributed by atoms with Crippen molar-refractivity contribution in [2.24, 2.45) is 5.92 Å². The second kappa shape index (κ2) is 5.60. The van der Waals surface area contributed by atoms with E-state index in [2.05, 4.69) is 5.16 Å². The van der Waals surface area contributed by atoms with Crippen LogP contribution in [-0.4, -0.2) is 11.1 Å². The molecule has 0 aliphatic heterocycles. The maximum absolute atomic E-state index is 13.0. The Kier molecular flexibility index (Phi) is 3.63. The lowest BCUT2D eigenvalue weighted by atomic mass is 10.1. The van der Waals surface area contributed by atoms with Crippen LogP contribution in [0.25, 0.3) is 22.2 Å². The van der Waals surface area contributed by atoms with Gasteiger partial charge in [-0.25, -0.2) is 4.39 Å². The van der Waals surface area contributed by atoms with Gasteiger partial charge in [0.15, 0.2) is 5.58 Å². The van der Waals surface area contributed by atoms with Crippen LogP contribution >= 0.6 is 0 Å². The molecule has 5 heteroatoms. The molecule has 3 aromatic rings. The number of fused-ring (bicyclic) bond motifs is 1. The molecule has 0 aliphatic rings. The Hall–Kier alpha value is -2.69. The minimum absolute atomic E-state index is 0.208. The van der Waals surface area contributed by atoms with Gasteiger partial charge in [0.2, 0.25) is 0 Å². The van der Waals surface area contributed by atoms with Crippen LogP contribution in [0.1, 0.15) is 13.8 Å². The monoisotopic (exact) mass is 299 g/mol. The fraction of sp³-hybridized carbons (Fsp3) is 0.176.